The van der Waals surface area contributed by atoms with Crippen LogP contribution in [-0.2, 0) is 4.79 Å². The molecule has 1 amide bonds. The minimum absolute atomic E-state index is 0.147. The van der Waals surface area contributed by atoms with Gasteiger partial charge in [0.25, 0.3) is 0 Å². The number of hydrogen-bond acceptors (Lipinski definition) is 5. The molecule has 0 radical (unpaired) electrons. The number of halogens is 3. The molecule has 3 N–H and O–H groups in total. The molecule has 146 valence electrons. The Bertz CT molecular complexity index is 1030. The largest absolute Gasteiger partial charge is 0.335 e. The lowest BCUT2D eigenvalue weighted by molar-refractivity contribution is -0.113. The smallest absolute Gasteiger partial charge is 0.234 e. The van der Waals surface area contributed by atoms with Crippen molar-refractivity contribution in [3.8, 4) is 11.4 Å². The van der Waals surface area contributed by atoms with Crippen LogP contribution in [0.2, 0.25) is 10.0 Å². The third-order valence-electron chi connectivity index (χ3n) is 3.93. The summed E-state index contributed by atoms with van der Waals surface area (Å²) in [6, 6.07) is 9.08. The molecule has 0 unspecified atom stereocenters. The maximum Gasteiger partial charge on any atom is 0.234 e. The van der Waals surface area contributed by atoms with Crippen molar-refractivity contribution in [2.45, 2.75) is 19.0 Å². The number of thioether (sulfide) groups is 1. The van der Waals surface area contributed by atoms with E-state index < -0.39 is 0 Å². The summed E-state index contributed by atoms with van der Waals surface area (Å²) >= 11 is 15.6. The summed E-state index contributed by atoms with van der Waals surface area (Å²) in [7, 11) is 0. The molecule has 3 aromatic rings. The van der Waals surface area contributed by atoms with Crippen molar-refractivity contribution < 1.29 is 4.79 Å². The molecular formula is C18H16Cl2IN5OS. The number of aryl methyl sites for hydroxylation is 2. The molecule has 3 rings (SSSR count). The van der Waals surface area contributed by atoms with Gasteiger partial charge in [-0.3, -0.25) is 4.79 Å². The van der Waals surface area contributed by atoms with Gasteiger partial charge in [-0.1, -0.05) is 35.0 Å². The van der Waals surface area contributed by atoms with Crippen molar-refractivity contribution in [2.75, 3.05) is 16.9 Å². The van der Waals surface area contributed by atoms with Crippen molar-refractivity contribution in [1.29, 1.82) is 0 Å². The van der Waals surface area contributed by atoms with Crippen LogP contribution in [0, 0.1) is 17.4 Å². The number of benzene rings is 2. The first-order chi connectivity index (χ1) is 13.3. The van der Waals surface area contributed by atoms with Gasteiger partial charge in [-0.2, -0.15) is 0 Å². The quantitative estimate of drug-likeness (QED) is 0.269. The first kappa shape index (κ1) is 21.2. The third kappa shape index (κ3) is 4.73. The summed E-state index contributed by atoms with van der Waals surface area (Å²) in [4.78, 5) is 12.4. The Morgan fingerprint density at radius 2 is 1.89 bits per heavy atom. The minimum atomic E-state index is -0.147. The molecule has 10 heteroatoms. The van der Waals surface area contributed by atoms with Crippen LogP contribution >= 0.6 is 57.6 Å². The van der Waals surface area contributed by atoms with Crippen molar-refractivity contribution in [3.63, 3.8) is 0 Å². The number of rotatable bonds is 5. The van der Waals surface area contributed by atoms with Crippen molar-refractivity contribution >= 4 is 69.1 Å². The second-order valence-corrected chi connectivity index (χ2v) is 9.08. The van der Waals surface area contributed by atoms with Crippen LogP contribution < -0.4 is 11.2 Å². The molecule has 0 atom stereocenters. The van der Waals surface area contributed by atoms with E-state index in [4.69, 9.17) is 29.0 Å². The van der Waals surface area contributed by atoms with Crippen LogP contribution in [0.3, 0.4) is 0 Å². The topological polar surface area (TPSA) is 85.8 Å². The molecule has 6 nitrogen and oxygen atoms in total. The molecule has 2 aromatic carbocycles. The predicted octanol–water partition coefficient (Wildman–Crippen LogP) is 4.92. The Kier molecular flexibility index (Phi) is 6.74. The number of anilines is 1. The Morgan fingerprint density at radius 1 is 1.21 bits per heavy atom. The fourth-order valence-corrected chi connectivity index (χ4v) is 4.73. The normalized spacial score (nSPS) is 10.9. The van der Waals surface area contributed by atoms with E-state index in [0.717, 1.165) is 20.4 Å². The van der Waals surface area contributed by atoms with E-state index in [-0.39, 0.29) is 11.7 Å². The lowest BCUT2D eigenvalue weighted by atomic mass is 10.1. The molecule has 0 saturated heterocycles. The number of hydrogen-bond donors (Lipinski definition) is 2. The summed E-state index contributed by atoms with van der Waals surface area (Å²) in [5.74, 6) is 6.49. The molecule has 1 aromatic heterocycles. The molecule has 1 heterocycles. The van der Waals surface area contributed by atoms with Gasteiger partial charge in [-0.25, -0.2) is 4.68 Å². The second kappa shape index (κ2) is 8.89. The first-order valence-corrected chi connectivity index (χ1v) is 10.9. The lowest BCUT2D eigenvalue weighted by Gasteiger charge is -2.12. The van der Waals surface area contributed by atoms with Crippen LogP contribution in [0.1, 0.15) is 11.1 Å². The Morgan fingerprint density at radius 3 is 2.54 bits per heavy atom. The summed E-state index contributed by atoms with van der Waals surface area (Å²) in [6.45, 7) is 3.94. The third-order valence-corrected chi connectivity index (χ3v) is 6.04. The Balaban J connectivity index is 1.70. The molecule has 0 aliphatic rings. The number of amides is 1. The molecule has 0 saturated carbocycles. The zero-order chi connectivity index (χ0) is 20.4. The van der Waals surface area contributed by atoms with E-state index >= 15 is 0 Å². The monoisotopic (exact) mass is 547 g/mol. The number of nitrogens with zero attached hydrogens (tertiary/aromatic N) is 3. The predicted molar refractivity (Wildman–Crippen MR) is 124 cm³/mol. The summed E-state index contributed by atoms with van der Waals surface area (Å²) in [5, 5.41) is 12.4. The molecule has 0 fully saturated rings. The van der Waals surface area contributed by atoms with E-state index in [2.05, 4.69) is 38.1 Å². The van der Waals surface area contributed by atoms with E-state index in [0.29, 0.717) is 26.6 Å². The molecule has 0 bridgehead atoms. The molecule has 0 aliphatic carbocycles. The number of nitrogen functional groups attached to an aromatic ring is 1. The zero-order valence-electron chi connectivity index (χ0n) is 15.0. The maximum atomic E-state index is 12.4. The minimum Gasteiger partial charge on any atom is -0.335 e. The highest BCUT2D eigenvalue weighted by atomic mass is 127. The van der Waals surface area contributed by atoms with E-state index in [1.54, 1.807) is 18.2 Å². The second-order valence-electron chi connectivity index (χ2n) is 6.05. The zero-order valence-corrected chi connectivity index (χ0v) is 19.4. The summed E-state index contributed by atoms with van der Waals surface area (Å²) in [5.41, 5.74) is 3.48. The van der Waals surface area contributed by atoms with Gasteiger partial charge < -0.3 is 11.2 Å². The van der Waals surface area contributed by atoms with Crippen LogP contribution in [0.5, 0.6) is 0 Å². The highest BCUT2D eigenvalue weighted by Gasteiger charge is 2.17. The molecule has 28 heavy (non-hydrogen) atoms. The number of carbonyl (C=O) groups excluding carboxylic acids is 1. The van der Waals surface area contributed by atoms with E-state index in [9.17, 15) is 4.79 Å². The van der Waals surface area contributed by atoms with Gasteiger partial charge in [0.15, 0.2) is 5.82 Å². The van der Waals surface area contributed by atoms with Crippen LogP contribution in [0.4, 0.5) is 5.69 Å². The SMILES string of the molecule is Cc1cc(I)cc(C)c1NC(=O)CSc1nnc(-c2ccc(Cl)cc2Cl)n1N. The van der Waals surface area contributed by atoms with Crippen molar-refractivity contribution in [2.24, 2.45) is 0 Å². The Hall–Kier alpha value is -1.49. The summed E-state index contributed by atoms with van der Waals surface area (Å²) in [6.07, 6.45) is 0. The fraction of sp³-hybridized carbons (Fsp3) is 0.167. The van der Waals surface area contributed by atoms with Gasteiger partial charge >= 0.3 is 0 Å². The molecular weight excluding hydrogens is 532 g/mol. The number of nitrogens with two attached hydrogens (primary N) is 1. The van der Waals surface area contributed by atoms with Gasteiger partial charge in [0, 0.05) is 19.8 Å². The van der Waals surface area contributed by atoms with Gasteiger partial charge in [-0.05, 0) is 77.9 Å². The molecule has 0 spiro atoms. The number of nitrogens with one attached hydrogen (secondary N) is 1. The number of carbonyl (C=O) groups is 1. The van der Waals surface area contributed by atoms with Gasteiger partial charge in [0.2, 0.25) is 11.1 Å². The summed E-state index contributed by atoms with van der Waals surface area (Å²) < 4.78 is 2.44. The molecule has 0 aliphatic heterocycles. The Labute approximate surface area is 190 Å². The lowest BCUT2D eigenvalue weighted by Crippen LogP contribution is -2.17. The maximum absolute atomic E-state index is 12.4. The highest BCUT2D eigenvalue weighted by molar-refractivity contribution is 14.1. The van der Waals surface area contributed by atoms with Crippen molar-refractivity contribution in [3.05, 3.63) is 55.1 Å². The van der Waals surface area contributed by atoms with E-state index in [1.807, 2.05) is 26.0 Å². The first-order valence-electron chi connectivity index (χ1n) is 8.11. The van der Waals surface area contributed by atoms with Crippen molar-refractivity contribution in [1.82, 2.24) is 14.9 Å². The van der Waals surface area contributed by atoms with E-state index in [1.165, 1.54) is 16.4 Å². The van der Waals surface area contributed by atoms with Crippen LogP contribution in [0.25, 0.3) is 11.4 Å². The van der Waals surface area contributed by atoms with Crippen LogP contribution in [-0.4, -0.2) is 26.5 Å². The van der Waals surface area contributed by atoms with Gasteiger partial charge in [-0.15, -0.1) is 10.2 Å². The average molecular weight is 548 g/mol. The highest BCUT2D eigenvalue weighted by Crippen LogP contribution is 2.30. The van der Waals surface area contributed by atoms with Gasteiger partial charge in [0.05, 0.1) is 10.8 Å². The van der Waals surface area contributed by atoms with Gasteiger partial charge in [0.1, 0.15) is 0 Å². The standard InChI is InChI=1S/C18H16Cl2IN5OS/c1-9-5-12(21)6-10(2)16(9)23-15(27)8-28-18-25-24-17(26(18)22)13-4-3-11(19)7-14(13)20/h3-7H,8,22H2,1-2H3,(H,23,27). The fourth-order valence-electron chi connectivity index (χ4n) is 2.64. The number of aromatic nitrogens is 3. The van der Waals surface area contributed by atoms with Crippen LogP contribution in [0.15, 0.2) is 35.5 Å². The average Bonchev–Trinajstić information content (AvgIpc) is 2.97.